The lowest BCUT2D eigenvalue weighted by molar-refractivity contribution is -0.123. The van der Waals surface area contributed by atoms with Crippen molar-refractivity contribution < 1.29 is 18.0 Å². The number of fused-ring (bicyclic) bond motifs is 1. The number of carbonyl (C=O) groups is 1. The van der Waals surface area contributed by atoms with E-state index in [0.717, 1.165) is 5.56 Å². The molecule has 0 unspecified atom stereocenters. The summed E-state index contributed by atoms with van der Waals surface area (Å²) < 4.78 is 37.8. The van der Waals surface area contributed by atoms with E-state index in [2.05, 4.69) is 4.98 Å². The minimum Gasteiger partial charge on any atom is -0.342 e. The number of pyridine rings is 1. The number of halogens is 3. The number of aromatic nitrogens is 2. The van der Waals surface area contributed by atoms with Crippen molar-refractivity contribution in [2.75, 3.05) is 6.54 Å². The molecule has 102 valence electrons. The van der Waals surface area contributed by atoms with Gasteiger partial charge in [-0.3, -0.25) is 9.20 Å². The predicted octanol–water partition coefficient (Wildman–Crippen LogP) is 2.24. The maximum Gasteiger partial charge on any atom is 0.405 e. The highest BCUT2D eigenvalue weighted by molar-refractivity contribution is 5.94. The Morgan fingerprint density at radius 1 is 1.37 bits per heavy atom. The minimum absolute atomic E-state index is 0.128. The van der Waals surface area contributed by atoms with Crippen LogP contribution in [0.15, 0.2) is 18.3 Å². The molecule has 4 nitrogen and oxygen atoms in total. The van der Waals surface area contributed by atoms with Crippen LogP contribution in [0.4, 0.5) is 13.2 Å². The van der Waals surface area contributed by atoms with Gasteiger partial charge in [0.05, 0.1) is 5.69 Å². The molecule has 0 aliphatic rings. The highest BCUT2D eigenvalue weighted by Crippen LogP contribution is 2.15. The zero-order valence-corrected chi connectivity index (χ0v) is 10.4. The summed E-state index contributed by atoms with van der Waals surface area (Å²) in [5.74, 6) is -0.784. The number of amides is 1. The van der Waals surface area contributed by atoms with E-state index in [-0.39, 0.29) is 5.69 Å². The maximum absolute atomic E-state index is 12.1. The Bertz CT molecular complexity index is 631. The number of nitrogens with zero attached hydrogens (tertiary/aromatic N) is 2. The number of hydrogen-bond donors (Lipinski definition) is 1. The van der Waals surface area contributed by atoms with Crippen molar-refractivity contribution in [3.8, 4) is 0 Å². The molecule has 19 heavy (non-hydrogen) atoms. The zero-order valence-electron chi connectivity index (χ0n) is 10.4. The molecular weight excluding hydrogens is 259 g/mol. The van der Waals surface area contributed by atoms with Gasteiger partial charge >= 0.3 is 6.18 Å². The quantitative estimate of drug-likeness (QED) is 0.910. The lowest BCUT2D eigenvalue weighted by Gasteiger charge is -2.08. The van der Waals surface area contributed by atoms with Crippen LogP contribution < -0.4 is 5.32 Å². The van der Waals surface area contributed by atoms with Crippen molar-refractivity contribution in [1.29, 1.82) is 0 Å². The second-order valence-electron chi connectivity index (χ2n) is 4.28. The van der Waals surface area contributed by atoms with Gasteiger partial charge in [-0.15, -0.1) is 0 Å². The van der Waals surface area contributed by atoms with Crippen LogP contribution >= 0.6 is 0 Å². The van der Waals surface area contributed by atoms with Gasteiger partial charge in [0, 0.05) is 6.20 Å². The molecule has 0 aliphatic carbocycles. The van der Waals surface area contributed by atoms with Crippen molar-refractivity contribution in [2.24, 2.45) is 0 Å². The molecule has 0 aromatic carbocycles. The third kappa shape index (κ3) is 2.86. The van der Waals surface area contributed by atoms with Gasteiger partial charge in [-0.05, 0) is 25.5 Å². The third-order valence-electron chi connectivity index (χ3n) is 2.61. The van der Waals surface area contributed by atoms with E-state index in [1.54, 1.807) is 19.2 Å². The van der Waals surface area contributed by atoms with Crippen LogP contribution in [-0.2, 0) is 0 Å². The van der Waals surface area contributed by atoms with Gasteiger partial charge in [-0.25, -0.2) is 4.98 Å². The second-order valence-corrected chi connectivity index (χ2v) is 4.28. The molecule has 0 aliphatic heterocycles. The summed E-state index contributed by atoms with van der Waals surface area (Å²) in [4.78, 5) is 16.0. The summed E-state index contributed by atoms with van der Waals surface area (Å²) in [6.45, 7) is 2.06. The highest BCUT2D eigenvalue weighted by Gasteiger charge is 2.29. The summed E-state index contributed by atoms with van der Waals surface area (Å²) in [5, 5.41) is 1.85. The molecule has 7 heteroatoms. The molecule has 1 amide bonds. The number of nitrogens with one attached hydrogen (secondary N) is 1. The van der Waals surface area contributed by atoms with E-state index in [9.17, 15) is 18.0 Å². The summed E-state index contributed by atoms with van der Waals surface area (Å²) in [7, 11) is 0. The Balaban J connectivity index is 2.36. The number of hydrogen-bond acceptors (Lipinski definition) is 2. The van der Waals surface area contributed by atoms with E-state index in [0.29, 0.717) is 11.3 Å². The van der Waals surface area contributed by atoms with E-state index < -0.39 is 18.6 Å². The minimum atomic E-state index is -4.43. The maximum atomic E-state index is 12.1. The first-order valence-corrected chi connectivity index (χ1v) is 5.58. The van der Waals surface area contributed by atoms with Crippen molar-refractivity contribution in [1.82, 2.24) is 14.7 Å². The summed E-state index contributed by atoms with van der Waals surface area (Å²) in [6.07, 6.45) is -2.77. The van der Waals surface area contributed by atoms with Gasteiger partial charge in [-0.2, -0.15) is 13.2 Å². The zero-order chi connectivity index (χ0) is 14.2. The second kappa shape index (κ2) is 4.56. The van der Waals surface area contributed by atoms with Gasteiger partial charge in [0.1, 0.15) is 17.9 Å². The topological polar surface area (TPSA) is 46.4 Å². The molecular formula is C12H12F3N3O. The van der Waals surface area contributed by atoms with E-state index in [4.69, 9.17) is 0 Å². The first kappa shape index (κ1) is 13.4. The van der Waals surface area contributed by atoms with Crippen molar-refractivity contribution in [3.63, 3.8) is 0 Å². The van der Waals surface area contributed by atoms with Gasteiger partial charge in [0.25, 0.3) is 5.91 Å². The number of alkyl halides is 3. The lowest BCUT2D eigenvalue weighted by atomic mass is 10.3. The van der Waals surface area contributed by atoms with Crippen molar-refractivity contribution >= 4 is 11.6 Å². The fraction of sp³-hybridized carbons (Fsp3) is 0.333. The Labute approximate surface area is 107 Å². The molecule has 0 spiro atoms. The van der Waals surface area contributed by atoms with Gasteiger partial charge in [-0.1, -0.05) is 6.07 Å². The molecule has 0 radical (unpaired) electrons. The smallest absolute Gasteiger partial charge is 0.342 e. The SMILES string of the molecule is Cc1ccc2nc(C)c(C(=O)NCC(F)(F)F)n2c1. The molecule has 0 saturated carbocycles. The van der Waals surface area contributed by atoms with Gasteiger partial charge in [0.15, 0.2) is 0 Å². The highest BCUT2D eigenvalue weighted by atomic mass is 19.4. The van der Waals surface area contributed by atoms with Crippen LogP contribution in [0.5, 0.6) is 0 Å². The van der Waals surface area contributed by atoms with Gasteiger partial charge in [0.2, 0.25) is 0 Å². The molecule has 0 bridgehead atoms. The molecule has 2 aromatic rings. The molecule has 0 atom stereocenters. The first-order chi connectivity index (χ1) is 8.78. The lowest BCUT2D eigenvalue weighted by Crippen LogP contribution is -2.34. The van der Waals surface area contributed by atoms with Crippen LogP contribution in [0.1, 0.15) is 21.7 Å². The Morgan fingerprint density at radius 3 is 2.68 bits per heavy atom. The average Bonchev–Trinajstić information content (AvgIpc) is 2.60. The average molecular weight is 271 g/mol. The van der Waals surface area contributed by atoms with Crippen LogP contribution in [0.2, 0.25) is 0 Å². The van der Waals surface area contributed by atoms with E-state index in [1.807, 2.05) is 18.3 Å². The number of rotatable bonds is 2. The normalized spacial score (nSPS) is 11.8. The fourth-order valence-electron chi connectivity index (χ4n) is 1.81. The molecule has 2 heterocycles. The number of aryl methyl sites for hydroxylation is 2. The third-order valence-corrected chi connectivity index (χ3v) is 2.61. The van der Waals surface area contributed by atoms with Gasteiger partial charge < -0.3 is 5.32 Å². The van der Waals surface area contributed by atoms with E-state index >= 15 is 0 Å². The molecule has 1 N–H and O–H groups in total. The number of imidazole rings is 1. The molecule has 0 fully saturated rings. The monoisotopic (exact) mass is 271 g/mol. The van der Waals surface area contributed by atoms with Crippen LogP contribution in [0.3, 0.4) is 0 Å². The van der Waals surface area contributed by atoms with Crippen molar-refractivity contribution in [2.45, 2.75) is 20.0 Å². The van der Waals surface area contributed by atoms with Crippen LogP contribution in [0.25, 0.3) is 5.65 Å². The standard InChI is InChI=1S/C12H12F3N3O/c1-7-3-4-9-17-8(2)10(18(9)5-7)11(19)16-6-12(13,14)15/h3-5H,6H2,1-2H3,(H,16,19). The summed E-state index contributed by atoms with van der Waals surface area (Å²) in [6, 6.07) is 3.53. The summed E-state index contributed by atoms with van der Waals surface area (Å²) in [5.41, 5.74) is 1.93. The largest absolute Gasteiger partial charge is 0.405 e. The molecule has 2 rings (SSSR count). The van der Waals surface area contributed by atoms with Crippen molar-refractivity contribution in [3.05, 3.63) is 35.3 Å². The van der Waals surface area contributed by atoms with Crippen LogP contribution in [-0.4, -0.2) is 28.0 Å². The Hall–Kier alpha value is -2.05. The Kier molecular flexibility index (Phi) is 3.21. The first-order valence-electron chi connectivity index (χ1n) is 5.58. The fourth-order valence-corrected chi connectivity index (χ4v) is 1.81. The summed E-state index contributed by atoms with van der Waals surface area (Å²) >= 11 is 0. The van der Waals surface area contributed by atoms with E-state index in [1.165, 1.54) is 4.40 Å². The molecule has 2 aromatic heterocycles. The number of carbonyl (C=O) groups excluding carboxylic acids is 1. The predicted molar refractivity (Wildman–Crippen MR) is 63.1 cm³/mol. The molecule has 0 saturated heterocycles. The Morgan fingerprint density at radius 2 is 2.05 bits per heavy atom. The van der Waals surface area contributed by atoms with Crippen LogP contribution in [0, 0.1) is 13.8 Å².